The van der Waals surface area contributed by atoms with Crippen molar-refractivity contribution in [3.8, 4) is 0 Å². The molecule has 1 saturated heterocycles. The summed E-state index contributed by atoms with van der Waals surface area (Å²) >= 11 is 0. The highest BCUT2D eigenvalue weighted by Crippen LogP contribution is 2.43. The van der Waals surface area contributed by atoms with Crippen LogP contribution in [0.2, 0.25) is 0 Å². The summed E-state index contributed by atoms with van der Waals surface area (Å²) in [6, 6.07) is 8.08. The van der Waals surface area contributed by atoms with E-state index in [1.54, 1.807) is 0 Å². The molecule has 0 spiro atoms. The second-order valence-electron chi connectivity index (χ2n) is 5.86. The molecule has 2 aliphatic rings. The molecule has 3 rings (SSSR count). The number of aryl methyl sites for hydroxylation is 1. The van der Waals surface area contributed by atoms with Crippen LogP contribution in [0.1, 0.15) is 24.0 Å². The number of nitrogens with two attached hydrogens (primary N) is 1. The van der Waals surface area contributed by atoms with Crippen molar-refractivity contribution >= 4 is 5.91 Å². The van der Waals surface area contributed by atoms with Crippen LogP contribution in [-0.2, 0) is 11.2 Å². The topological polar surface area (TPSA) is 46.3 Å². The molecule has 1 aromatic carbocycles. The Kier molecular flexibility index (Phi) is 2.67. The highest BCUT2D eigenvalue weighted by Gasteiger charge is 2.51. The molecule has 96 valence electrons. The number of carbonyl (C=O) groups excluding carboxylic acids is 1. The van der Waals surface area contributed by atoms with Gasteiger partial charge in [-0.05, 0) is 36.8 Å². The quantitative estimate of drug-likeness (QED) is 0.875. The van der Waals surface area contributed by atoms with Crippen molar-refractivity contribution < 1.29 is 4.79 Å². The average Bonchev–Trinajstić information content (AvgIpc) is 3.12. The van der Waals surface area contributed by atoms with Gasteiger partial charge in [-0.3, -0.25) is 4.79 Å². The standard InChI is InChI=1S/C15H20N2O/c1-11-4-2-3-5-12(11)8-14(18)17-9-15(16,10-17)13-6-7-13/h2-5,13H,6-10,16H2,1H3. The minimum atomic E-state index is -0.0681. The zero-order valence-electron chi connectivity index (χ0n) is 10.9. The first-order valence-electron chi connectivity index (χ1n) is 6.70. The predicted molar refractivity (Wildman–Crippen MR) is 71.1 cm³/mol. The van der Waals surface area contributed by atoms with Crippen LogP contribution in [0.4, 0.5) is 0 Å². The molecule has 2 fully saturated rings. The lowest BCUT2D eigenvalue weighted by molar-refractivity contribution is -0.138. The van der Waals surface area contributed by atoms with Gasteiger partial charge in [-0.25, -0.2) is 0 Å². The molecule has 1 saturated carbocycles. The van der Waals surface area contributed by atoms with Gasteiger partial charge in [0.1, 0.15) is 0 Å². The number of likely N-dealkylation sites (tertiary alicyclic amines) is 1. The second-order valence-corrected chi connectivity index (χ2v) is 5.86. The Morgan fingerprint density at radius 1 is 1.39 bits per heavy atom. The SMILES string of the molecule is Cc1ccccc1CC(=O)N1CC(N)(C2CC2)C1. The van der Waals surface area contributed by atoms with E-state index in [1.165, 1.54) is 18.4 Å². The number of hydrogen-bond donors (Lipinski definition) is 1. The van der Waals surface area contributed by atoms with E-state index in [0.717, 1.165) is 18.7 Å². The maximum atomic E-state index is 12.1. The lowest BCUT2D eigenvalue weighted by Crippen LogP contribution is -2.70. The van der Waals surface area contributed by atoms with Crippen LogP contribution < -0.4 is 5.73 Å². The zero-order valence-corrected chi connectivity index (χ0v) is 10.9. The third kappa shape index (κ3) is 2.03. The Balaban J connectivity index is 1.59. The van der Waals surface area contributed by atoms with Crippen LogP contribution in [0.25, 0.3) is 0 Å². The number of nitrogens with zero attached hydrogens (tertiary/aromatic N) is 1. The van der Waals surface area contributed by atoms with Crippen LogP contribution in [0.3, 0.4) is 0 Å². The first-order chi connectivity index (χ1) is 8.58. The molecule has 18 heavy (non-hydrogen) atoms. The minimum absolute atomic E-state index is 0.0681. The average molecular weight is 244 g/mol. The molecule has 1 aromatic rings. The van der Waals surface area contributed by atoms with Crippen LogP contribution in [0.5, 0.6) is 0 Å². The van der Waals surface area contributed by atoms with Gasteiger partial charge < -0.3 is 10.6 Å². The van der Waals surface area contributed by atoms with Crippen LogP contribution in [0, 0.1) is 12.8 Å². The van der Waals surface area contributed by atoms with E-state index in [0.29, 0.717) is 12.3 Å². The summed E-state index contributed by atoms with van der Waals surface area (Å²) < 4.78 is 0. The summed E-state index contributed by atoms with van der Waals surface area (Å²) in [7, 11) is 0. The number of carbonyl (C=O) groups is 1. The smallest absolute Gasteiger partial charge is 0.227 e. The van der Waals surface area contributed by atoms with Gasteiger partial charge in [0.2, 0.25) is 5.91 Å². The van der Waals surface area contributed by atoms with Crippen molar-refractivity contribution in [2.75, 3.05) is 13.1 Å². The van der Waals surface area contributed by atoms with Crippen LogP contribution >= 0.6 is 0 Å². The molecule has 1 heterocycles. The summed E-state index contributed by atoms with van der Waals surface area (Å²) in [5.41, 5.74) is 8.51. The summed E-state index contributed by atoms with van der Waals surface area (Å²) in [6.07, 6.45) is 3.00. The van der Waals surface area contributed by atoms with Gasteiger partial charge in [-0.15, -0.1) is 0 Å². The fourth-order valence-corrected chi connectivity index (χ4v) is 2.84. The largest absolute Gasteiger partial charge is 0.339 e. The van der Waals surface area contributed by atoms with Crippen molar-refractivity contribution in [2.24, 2.45) is 11.7 Å². The van der Waals surface area contributed by atoms with Crippen molar-refractivity contribution in [1.29, 1.82) is 0 Å². The lowest BCUT2D eigenvalue weighted by Gasteiger charge is -2.48. The summed E-state index contributed by atoms with van der Waals surface area (Å²) in [5.74, 6) is 0.881. The van der Waals surface area contributed by atoms with Crippen molar-refractivity contribution in [1.82, 2.24) is 4.90 Å². The van der Waals surface area contributed by atoms with Gasteiger partial charge in [-0.1, -0.05) is 24.3 Å². The fourth-order valence-electron chi connectivity index (χ4n) is 2.84. The molecule has 0 unspecified atom stereocenters. The van der Waals surface area contributed by atoms with Crippen molar-refractivity contribution in [2.45, 2.75) is 31.7 Å². The Bertz CT molecular complexity index is 473. The van der Waals surface area contributed by atoms with E-state index in [1.807, 2.05) is 23.1 Å². The first kappa shape index (κ1) is 11.7. The molecular formula is C15H20N2O. The van der Waals surface area contributed by atoms with Gasteiger partial charge in [0.05, 0.1) is 12.0 Å². The molecule has 1 amide bonds. The fraction of sp³-hybridized carbons (Fsp3) is 0.533. The Labute approximate surface area is 108 Å². The first-order valence-corrected chi connectivity index (χ1v) is 6.70. The number of hydrogen-bond acceptors (Lipinski definition) is 2. The summed E-state index contributed by atoms with van der Waals surface area (Å²) in [5, 5.41) is 0. The summed E-state index contributed by atoms with van der Waals surface area (Å²) in [6.45, 7) is 3.56. The van der Waals surface area contributed by atoms with Crippen molar-refractivity contribution in [3.63, 3.8) is 0 Å². The highest BCUT2D eigenvalue weighted by molar-refractivity contribution is 5.80. The van der Waals surface area contributed by atoms with Crippen molar-refractivity contribution in [3.05, 3.63) is 35.4 Å². The summed E-state index contributed by atoms with van der Waals surface area (Å²) in [4.78, 5) is 14.1. The number of rotatable bonds is 3. The lowest BCUT2D eigenvalue weighted by atomic mass is 9.85. The molecule has 0 bridgehead atoms. The Morgan fingerprint density at radius 3 is 2.67 bits per heavy atom. The molecule has 3 heteroatoms. The molecule has 0 aromatic heterocycles. The van der Waals surface area contributed by atoms with Gasteiger partial charge in [0.15, 0.2) is 0 Å². The van der Waals surface area contributed by atoms with E-state index in [4.69, 9.17) is 5.73 Å². The molecule has 1 aliphatic heterocycles. The predicted octanol–water partition coefficient (Wildman–Crippen LogP) is 1.49. The van der Waals surface area contributed by atoms with Gasteiger partial charge in [0, 0.05) is 13.1 Å². The van der Waals surface area contributed by atoms with E-state index in [2.05, 4.69) is 13.0 Å². The van der Waals surface area contributed by atoms with Crippen LogP contribution in [0.15, 0.2) is 24.3 Å². The van der Waals surface area contributed by atoms with E-state index in [-0.39, 0.29) is 11.4 Å². The molecule has 2 N–H and O–H groups in total. The maximum absolute atomic E-state index is 12.1. The minimum Gasteiger partial charge on any atom is -0.339 e. The maximum Gasteiger partial charge on any atom is 0.227 e. The molecule has 0 radical (unpaired) electrons. The normalized spacial score (nSPS) is 21.6. The highest BCUT2D eigenvalue weighted by atomic mass is 16.2. The molecular weight excluding hydrogens is 224 g/mol. The van der Waals surface area contributed by atoms with Gasteiger partial charge in [0.25, 0.3) is 0 Å². The van der Waals surface area contributed by atoms with E-state index >= 15 is 0 Å². The van der Waals surface area contributed by atoms with E-state index in [9.17, 15) is 4.79 Å². The molecule has 3 nitrogen and oxygen atoms in total. The van der Waals surface area contributed by atoms with E-state index < -0.39 is 0 Å². The Morgan fingerprint density at radius 2 is 2.06 bits per heavy atom. The van der Waals surface area contributed by atoms with Gasteiger partial charge in [-0.2, -0.15) is 0 Å². The third-order valence-electron chi connectivity index (χ3n) is 4.32. The molecule has 0 atom stereocenters. The Hall–Kier alpha value is -1.35. The molecule has 1 aliphatic carbocycles. The third-order valence-corrected chi connectivity index (χ3v) is 4.32. The zero-order chi connectivity index (χ0) is 12.8. The number of amides is 1. The second kappa shape index (κ2) is 4.09. The number of benzene rings is 1. The van der Waals surface area contributed by atoms with Crippen LogP contribution in [-0.4, -0.2) is 29.4 Å². The monoisotopic (exact) mass is 244 g/mol. The van der Waals surface area contributed by atoms with Gasteiger partial charge >= 0.3 is 0 Å².